The van der Waals surface area contributed by atoms with Crippen LogP contribution in [0.3, 0.4) is 0 Å². The third-order valence-corrected chi connectivity index (χ3v) is 3.88. The first-order valence-electron chi connectivity index (χ1n) is 6.92. The fourth-order valence-electron chi connectivity index (χ4n) is 2.09. The van der Waals surface area contributed by atoms with Crippen molar-refractivity contribution in [1.29, 1.82) is 0 Å². The largest absolute Gasteiger partial charge is 0.484 e. The van der Waals surface area contributed by atoms with Crippen LogP contribution in [0.15, 0.2) is 53.0 Å². The van der Waals surface area contributed by atoms with Gasteiger partial charge in [-0.1, -0.05) is 30.3 Å². The lowest BCUT2D eigenvalue weighted by atomic mass is 10.1. The van der Waals surface area contributed by atoms with E-state index in [2.05, 4.69) is 21.2 Å². The molecule has 0 saturated carbocycles. The Morgan fingerprint density at radius 2 is 2.00 bits per heavy atom. The number of nitrogens with one attached hydrogen (secondary N) is 1. The fraction of sp³-hybridized carbons (Fsp3) is 0.250. The van der Waals surface area contributed by atoms with Gasteiger partial charge in [0.15, 0.2) is 0 Å². The van der Waals surface area contributed by atoms with E-state index < -0.39 is 4.92 Å². The number of nitrogens with zero attached hydrogens (tertiary/aromatic N) is 1. The average molecular weight is 365 g/mol. The molecule has 0 heterocycles. The molecule has 0 amide bonds. The van der Waals surface area contributed by atoms with Crippen LogP contribution in [0.2, 0.25) is 0 Å². The summed E-state index contributed by atoms with van der Waals surface area (Å²) in [5, 5.41) is 14.0. The molecular formula is C16H17BrN2O3. The van der Waals surface area contributed by atoms with Crippen LogP contribution in [0.25, 0.3) is 0 Å². The lowest BCUT2D eigenvalue weighted by molar-refractivity contribution is -0.385. The first kappa shape index (κ1) is 16.5. The number of halogens is 1. The van der Waals surface area contributed by atoms with Crippen molar-refractivity contribution in [1.82, 2.24) is 5.32 Å². The zero-order valence-electron chi connectivity index (χ0n) is 12.2. The topological polar surface area (TPSA) is 64.4 Å². The van der Waals surface area contributed by atoms with Gasteiger partial charge >= 0.3 is 0 Å². The molecule has 0 radical (unpaired) electrons. The average Bonchev–Trinajstić information content (AvgIpc) is 2.53. The first-order valence-corrected chi connectivity index (χ1v) is 7.71. The quantitative estimate of drug-likeness (QED) is 0.593. The number of rotatable bonds is 7. The summed E-state index contributed by atoms with van der Waals surface area (Å²) in [7, 11) is 1.88. The Bertz CT molecular complexity index is 635. The van der Waals surface area contributed by atoms with Gasteiger partial charge in [-0.25, -0.2) is 0 Å². The number of nitro benzene ring substituents is 1. The van der Waals surface area contributed by atoms with Crippen LogP contribution >= 0.6 is 15.9 Å². The summed E-state index contributed by atoms with van der Waals surface area (Å²) >= 11 is 3.39. The maximum absolute atomic E-state index is 10.9. The number of ether oxygens (including phenoxy) is 1. The summed E-state index contributed by atoms with van der Waals surface area (Å²) in [6, 6.07) is 14.4. The third kappa shape index (κ3) is 4.29. The molecule has 0 aromatic heterocycles. The van der Waals surface area contributed by atoms with Gasteiger partial charge in [-0.2, -0.15) is 0 Å². The molecule has 5 nitrogen and oxygen atoms in total. The Morgan fingerprint density at radius 1 is 1.27 bits per heavy atom. The summed E-state index contributed by atoms with van der Waals surface area (Å²) in [4.78, 5) is 10.5. The van der Waals surface area contributed by atoms with Crippen molar-refractivity contribution in [2.24, 2.45) is 0 Å². The molecule has 2 aromatic carbocycles. The minimum Gasteiger partial charge on any atom is -0.484 e. The maximum atomic E-state index is 10.9. The molecule has 2 aromatic rings. The van der Waals surface area contributed by atoms with Crippen molar-refractivity contribution in [3.8, 4) is 5.75 Å². The molecule has 0 unspecified atom stereocenters. The molecule has 0 fully saturated rings. The molecule has 1 atom stereocenters. The van der Waals surface area contributed by atoms with E-state index in [0.717, 1.165) is 18.5 Å². The number of nitro groups is 1. The van der Waals surface area contributed by atoms with Crippen LogP contribution in [-0.4, -0.2) is 18.5 Å². The predicted molar refractivity (Wildman–Crippen MR) is 89.2 cm³/mol. The maximum Gasteiger partial charge on any atom is 0.273 e. The van der Waals surface area contributed by atoms with Gasteiger partial charge in [-0.15, -0.1) is 0 Å². The molecule has 0 bridgehead atoms. The van der Waals surface area contributed by atoms with Crippen molar-refractivity contribution in [3.63, 3.8) is 0 Å². The van der Waals surface area contributed by atoms with Gasteiger partial charge in [0, 0.05) is 12.5 Å². The Morgan fingerprint density at radius 3 is 2.64 bits per heavy atom. The highest BCUT2D eigenvalue weighted by molar-refractivity contribution is 9.10. The van der Waals surface area contributed by atoms with E-state index >= 15 is 0 Å². The molecule has 116 valence electrons. The molecule has 0 aliphatic carbocycles. The zero-order chi connectivity index (χ0) is 15.9. The number of non-ortho nitro benzene ring substituents is 1. The monoisotopic (exact) mass is 364 g/mol. The zero-order valence-corrected chi connectivity index (χ0v) is 13.7. The minimum absolute atomic E-state index is 0.0126. The second kappa shape index (κ2) is 7.91. The second-order valence-corrected chi connectivity index (χ2v) is 5.64. The van der Waals surface area contributed by atoms with Crippen molar-refractivity contribution >= 4 is 21.6 Å². The van der Waals surface area contributed by atoms with Crippen LogP contribution in [0, 0.1) is 10.1 Å². The van der Waals surface area contributed by atoms with Crippen molar-refractivity contribution in [2.45, 2.75) is 12.5 Å². The molecule has 0 spiro atoms. The summed E-state index contributed by atoms with van der Waals surface area (Å²) in [5.41, 5.74) is 1.05. The van der Waals surface area contributed by atoms with Crippen LogP contribution in [0.1, 0.15) is 18.1 Å². The SMILES string of the molecule is CNCC[C@@H](Oc1cc([N+](=O)[O-])ccc1Br)c1ccccc1. The number of benzene rings is 2. The summed E-state index contributed by atoms with van der Waals surface area (Å²) < 4.78 is 6.73. The molecule has 0 aliphatic rings. The van der Waals surface area contributed by atoms with Crippen molar-refractivity contribution in [2.75, 3.05) is 13.6 Å². The van der Waals surface area contributed by atoms with E-state index in [4.69, 9.17) is 4.74 Å². The molecular weight excluding hydrogens is 348 g/mol. The van der Waals surface area contributed by atoms with Gasteiger partial charge in [-0.3, -0.25) is 10.1 Å². The Labute approximate surface area is 137 Å². The molecule has 22 heavy (non-hydrogen) atoms. The molecule has 0 saturated heterocycles. The van der Waals surface area contributed by atoms with E-state index in [9.17, 15) is 10.1 Å². The van der Waals surface area contributed by atoms with Gasteiger partial charge in [0.1, 0.15) is 11.9 Å². The van der Waals surface area contributed by atoms with Crippen molar-refractivity contribution in [3.05, 3.63) is 68.7 Å². The Balaban J connectivity index is 2.27. The molecule has 6 heteroatoms. The van der Waals surface area contributed by atoms with Crippen LogP contribution in [-0.2, 0) is 0 Å². The highest BCUT2D eigenvalue weighted by Crippen LogP contribution is 2.33. The van der Waals surface area contributed by atoms with Gasteiger partial charge in [0.05, 0.1) is 15.5 Å². The highest BCUT2D eigenvalue weighted by Gasteiger charge is 2.17. The molecule has 1 N–H and O–H groups in total. The van der Waals surface area contributed by atoms with Crippen LogP contribution in [0.4, 0.5) is 5.69 Å². The Kier molecular flexibility index (Phi) is 5.91. The Hall–Kier alpha value is -1.92. The first-order chi connectivity index (χ1) is 10.6. The van der Waals surface area contributed by atoms with Gasteiger partial charge in [0.2, 0.25) is 0 Å². The molecule has 0 aliphatic heterocycles. The lowest BCUT2D eigenvalue weighted by Crippen LogP contribution is -2.16. The highest BCUT2D eigenvalue weighted by atomic mass is 79.9. The van der Waals surface area contributed by atoms with E-state index in [1.165, 1.54) is 12.1 Å². The number of hydrogen-bond acceptors (Lipinski definition) is 4. The predicted octanol–water partition coefficient (Wildman–Crippen LogP) is 4.09. The van der Waals surface area contributed by atoms with Gasteiger partial charge in [-0.05, 0) is 41.2 Å². The normalized spacial score (nSPS) is 11.9. The van der Waals surface area contributed by atoms with E-state index in [0.29, 0.717) is 10.2 Å². The van der Waals surface area contributed by atoms with Crippen LogP contribution < -0.4 is 10.1 Å². The van der Waals surface area contributed by atoms with E-state index in [-0.39, 0.29) is 11.8 Å². The minimum atomic E-state index is -0.426. The fourth-order valence-corrected chi connectivity index (χ4v) is 2.43. The lowest BCUT2D eigenvalue weighted by Gasteiger charge is -2.20. The standard InChI is InChI=1S/C16H17BrN2O3/c1-18-10-9-15(12-5-3-2-4-6-12)22-16-11-13(19(20)21)7-8-14(16)17/h2-8,11,15,18H,9-10H2,1H3/t15-/m1/s1. The summed E-state index contributed by atoms with van der Waals surface area (Å²) in [6.45, 7) is 0.784. The van der Waals surface area contributed by atoms with Gasteiger partial charge in [0.25, 0.3) is 5.69 Å². The number of hydrogen-bond donors (Lipinski definition) is 1. The smallest absolute Gasteiger partial charge is 0.273 e. The second-order valence-electron chi connectivity index (χ2n) is 4.78. The van der Waals surface area contributed by atoms with E-state index in [1.807, 2.05) is 37.4 Å². The molecule has 2 rings (SSSR count). The summed E-state index contributed by atoms with van der Waals surface area (Å²) in [5.74, 6) is 0.471. The van der Waals surface area contributed by atoms with Crippen molar-refractivity contribution < 1.29 is 9.66 Å². The van der Waals surface area contributed by atoms with Gasteiger partial charge < -0.3 is 10.1 Å². The third-order valence-electron chi connectivity index (χ3n) is 3.22. The summed E-state index contributed by atoms with van der Waals surface area (Å²) in [6.07, 6.45) is 0.585. The van der Waals surface area contributed by atoms with Crippen LogP contribution in [0.5, 0.6) is 5.75 Å². The van der Waals surface area contributed by atoms with E-state index in [1.54, 1.807) is 6.07 Å².